The molecule has 0 atom stereocenters. The number of hydrogen-bond acceptors (Lipinski definition) is 0. The first-order valence-electron chi connectivity index (χ1n) is 10.1. The molecule has 6 aromatic rings. The molecule has 0 fully saturated rings. The van der Waals surface area contributed by atoms with Gasteiger partial charge in [0.05, 0.1) is 11.0 Å². The van der Waals surface area contributed by atoms with Crippen molar-refractivity contribution in [2.24, 2.45) is 0 Å². The van der Waals surface area contributed by atoms with Gasteiger partial charge in [-0.25, -0.2) is 0 Å². The normalized spacial score (nSPS) is 11.5. The lowest BCUT2D eigenvalue weighted by molar-refractivity contribution is 1.19. The Balaban J connectivity index is 1.63. The molecule has 30 heavy (non-hydrogen) atoms. The maximum atomic E-state index is 6.05. The Kier molecular flexibility index (Phi) is 3.90. The molecular weight excluding hydrogens is 386 g/mol. The Labute approximate surface area is 179 Å². The molecule has 2 heteroatoms. The van der Waals surface area contributed by atoms with Gasteiger partial charge in [0, 0.05) is 26.9 Å². The number of hydrogen-bond donors (Lipinski definition) is 0. The second-order valence-electron chi connectivity index (χ2n) is 7.59. The second kappa shape index (κ2) is 6.76. The van der Waals surface area contributed by atoms with Gasteiger partial charge in [0.15, 0.2) is 0 Å². The van der Waals surface area contributed by atoms with Crippen LogP contribution in [0.3, 0.4) is 0 Å². The molecule has 0 saturated carbocycles. The Morgan fingerprint density at radius 3 is 1.90 bits per heavy atom. The van der Waals surface area contributed by atoms with E-state index in [4.69, 9.17) is 11.6 Å². The smallest absolute Gasteiger partial charge is 0.0619 e. The van der Waals surface area contributed by atoms with Crippen molar-refractivity contribution in [3.8, 4) is 16.8 Å². The van der Waals surface area contributed by atoms with E-state index in [1.54, 1.807) is 0 Å². The minimum atomic E-state index is 0.757. The summed E-state index contributed by atoms with van der Waals surface area (Å²) in [5.74, 6) is 0. The maximum Gasteiger partial charge on any atom is 0.0619 e. The lowest BCUT2D eigenvalue weighted by Gasteiger charge is -2.11. The summed E-state index contributed by atoms with van der Waals surface area (Å²) in [6, 6.07) is 38.5. The first kappa shape index (κ1) is 17.3. The van der Waals surface area contributed by atoms with Crippen LogP contribution in [0.1, 0.15) is 0 Å². The van der Waals surface area contributed by atoms with Crippen LogP contribution in [0, 0.1) is 0 Å². The Morgan fingerprint density at radius 2 is 1.13 bits per heavy atom. The van der Waals surface area contributed by atoms with Gasteiger partial charge in [-0.15, -0.1) is 0 Å². The highest BCUT2D eigenvalue weighted by molar-refractivity contribution is 6.30. The Hall–Kier alpha value is -3.55. The zero-order valence-corrected chi connectivity index (χ0v) is 17.0. The molecule has 0 aliphatic rings. The number of fused-ring (bicyclic) bond motifs is 5. The molecule has 5 aromatic carbocycles. The highest BCUT2D eigenvalue weighted by Crippen LogP contribution is 2.36. The quantitative estimate of drug-likeness (QED) is 0.274. The van der Waals surface area contributed by atoms with Crippen molar-refractivity contribution in [2.75, 3.05) is 0 Å². The minimum absolute atomic E-state index is 0.757. The number of aromatic nitrogens is 1. The summed E-state index contributed by atoms with van der Waals surface area (Å²) in [5.41, 5.74) is 5.99. The number of halogens is 1. The fraction of sp³-hybridized carbons (Fsp3) is 0. The summed E-state index contributed by atoms with van der Waals surface area (Å²) in [6.07, 6.45) is 0. The van der Waals surface area contributed by atoms with E-state index in [2.05, 4.69) is 102 Å². The van der Waals surface area contributed by atoms with Crippen LogP contribution in [0.15, 0.2) is 109 Å². The molecule has 0 amide bonds. The van der Waals surface area contributed by atoms with Crippen LogP contribution in [-0.2, 0) is 0 Å². The summed E-state index contributed by atoms with van der Waals surface area (Å²) in [7, 11) is 0. The lowest BCUT2D eigenvalue weighted by atomic mass is 10.0. The molecule has 0 saturated heterocycles. The van der Waals surface area contributed by atoms with Crippen LogP contribution in [-0.4, -0.2) is 4.57 Å². The van der Waals surface area contributed by atoms with Gasteiger partial charge < -0.3 is 4.57 Å². The van der Waals surface area contributed by atoms with Crippen molar-refractivity contribution in [2.45, 2.75) is 0 Å². The third-order valence-corrected chi connectivity index (χ3v) is 6.11. The molecule has 1 heterocycles. The number of benzene rings is 5. The third-order valence-electron chi connectivity index (χ3n) is 5.86. The molecule has 0 radical (unpaired) electrons. The molecule has 0 spiro atoms. The van der Waals surface area contributed by atoms with Crippen LogP contribution in [0.25, 0.3) is 49.4 Å². The van der Waals surface area contributed by atoms with E-state index in [9.17, 15) is 0 Å². The van der Waals surface area contributed by atoms with E-state index in [1.807, 2.05) is 12.1 Å². The minimum Gasteiger partial charge on any atom is -0.309 e. The number of para-hydroxylation sites is 1. The highest BCUT2D eigenvalue weighted by Gasteiger charge is 2.14. The number of rotatable bonds is 2. The summed E-state index contributed by atoms with van der Waals surface area (Å²) in [4.78, 5) is 0. The molecule has 0 unspecified atom stereocenters. The summed E-state index contributed by atoms with van der Waals surface area (Å²) < 4.78 is 2.39. The van der Waals surface area contributed by atoms with Gasteiger partial charge in [0.2, 0.25) is 0 Å². The van der Waals surface area contributed by atoms with Crippen LogP contribution in [0.2, 0.25) is 5.02 Å². The van der Waals surface area contributed by atoms with Crippen molar-refractivity contribution in [3.05, 3.63) is 114 Å². The summed E-state index contributed by atoms with van der Waals surface area (Å²) in [5, 5.41) is 5.85. The van der Waals surface area contributed by atoms with E-state index in [1.165, 1.54) is 43.7 Å². The van der Waals surface area contributed by atoms with Gasteiger partial charge in [-0.1, -0.05) is 90.5 Å². The van der Waals surface area contributed by atoms with Crippen LogP contribution < -0.4 is 0 Å². The first-order valence-corrected chi connectivity index (χ1v) is 10.4. The number of nitrogens with zero attached hydrogens (tertiary/aromatic N) is 1. The average Bonchev–Trinajstić information content (AvgIpc) is 3.15. The van der Waals surface area contributed by atoms with E-state index in [0.717, 1.165) is 10.7 Å². The third kappa shape index (κ3) is 2.63. The molecule has 1 aromatic heterocycles. The van der Waals surface area contributed by atoms with Gasteiger partial charge in [-0.05, 0) is 46.8 Å². The topological polar surface area (TPSA) is 4.93 Å². The molecule has 0 aliphatic heterocycles. The van der Waals surface area contributed by atoms with Crippen molar-refractivity contribution in [1.29, 1.82) is 0 Å². The van der Waals surface area contributed by atoms with Gasteiger partial charge >= 0.3 is 0 Å². The van der Waals surface area contributed by atoms with Crippen LogP contribution in [0.4, 0.5) is 0 Å². The van der Waals surface area contributed by atoms with Gasteiger partial charge in [0.1, 0.15) is 0 Å². The predicted molar refractivity (Wildman–Crippen MR) is 129 cm³/mol. The fourth-order valence-corrected chi connectivity index (χ4v) is 4.57. The van der Waals surface area contributed by atoms with Crippen molar-refractivity contribution >= 4 is 44.2 Å². The fourth-order valence-electron chi connectivity index (χ4n) is 4.44. The predicted octanol–water partition coefficient (Wildman–Crippen LogP) is 8.26. The van der Waals surface area contributed by atoms with Crippen LogP contribution in [0.5, 0.6) is 0 Å². The lowest BCUT2D eigenvalue weighted by Crippen LogP contribution is -1.94. The monoisotopic (exact) mass is 403 g/mol. The van der Waals surface area contributed by atoms with Gasteiger partial charge in [0.25, 0.3) is 0 Å². The van der Waals surface area contributed by atoms with Gasteiger partial charge in [-0.2, -0.15) is 0 Å². The van der Waals surface area contributed by atoms with Crippen molar-refractivity contribution in [1.82, 2.24) is 4.57 Å². The second-order valence-corrected chi connectivity index (χ2v) is 8.03. The van der Waals surface area contributed by atoms with E-state index in [-0.39, 0.29) is 0 Å². The Morgan fingerprint density at radius 1 is 0.500 bits per heavy atom. The molecule has 0 N–H and O–H groups in total. The molecule has 142 valence electrons. The van der Waals surface area contributed by atoms with Crippen molar-refractivity contribution in [3.63, 3.8) is 0 Å². The highest BCUT2D eigenvalue weighted by atomic mass is 35.5. The largest absolute Gasteiger partial charge is 0.309 e. The van der Waals surface area contributed by atoms with Crippen LogP contribution >= 0.6 is 11.6 Å². The molecule has 0 aliphatic carbocycles. The van der Waals surface area contributed by atoms with Gasteiger partial charge in [-0.3, -0.25) is 0 Å². The van der Waals surface area contributed by atoms with E-state index < -0.39 is 0 Å². The molecule has 0 bridgehead atoms. The first-order chi connectivity index (χ1) is 14.8. The Bertz CT molecular complexity index is 1520. The zero-order valence-electron chi connectivity index (χ0n) is 16.2. The maximum absolute atomic E-state index is 6.05. The zero-order chi connectivity index (χ0) is 20.1. The van der Waals surface area contributed by atoms with E-state index >= 15 is 0 Å². The summed E-state index contributed by atoms with van der Waals surface area (Å²) in [6.45, 7) is 0. The average molecular weight is 404 g/mol. The molecule has 1 nitrogen and oxygen atoms in total. The molecular formula is C28H18ClN. The standard InChI is InChI=1S/C28H18ClN/c29-22-14-9-19(10-15-22)20-11-16-23(17-12-20)30-27-8-4-3-7-25(27)26-18-13-21-5-1-2-6-24(21)28(26)30/h1-18H. The van der Waals surface area contributed by atoms with Crippen molar-refractivity contribution < 1.29 is 0 Å². The molecule has 6 rings (SSSR count). The SMILES string of the molecule is Clc1ccc(-c2ccc(-n3c4ccccc4c4ccc5ccccc5c43)cc2)cc1. The summed E-state index contributed by atoms with van der Waals surface area (Å²) >= 11 is 6.05. The van der Waals surface area contributed by atoms with E-state index in [0.29, 0.717) is 0 Å².